The zero-order valence-corrected chi connectivity index (χ0v) is 11.7. The van der Waals surface area contributed by atoms with E-state index in [2.05, 4.69) is 10.1 Å². The van der Waals surface area contributed by atoms with Crippen LogP contribution in [0.2, 0.25) is 0 Å². The minimum Gasteiger partial charge on any atom is -0.494 e. The van der Waals surface area contributed by atoms with Gasteiger partial charge >= 0.3 is 0 Å². The molecule has 0 aliphatic rings. The Morgan fingerprint density at radius 2 is 2.19 bits per heavy atom. The molecule has 1 aromatic carbocycles. The van der Waals surface area contributed by atoms with Crippen molar-refractivity contribution in [3.8, 4) is 17.6 Å². The lowest BCUT2D eigenvalue weighted by molar-refractivity contribution is 0.419. The Hall–Kier alpha value is -3.07. The minimum atomic E-state index is 0.277. The van der Waals surface area contributed by atoms with Crippen LogP contribution in [0, 0.1) is 18.3 Å². The van der Waals surface area contributed by atoms with Gasteiger partial charge in [0.15, 0.2) is 5.82 Å². The number of rotatable bonds is 2. The predicted octanol–water partition coefficient (Wildman–Crippen LogP) is 2.19. The molecule has 0 aliphatic heterocycles. The first-order chi connectivity index (χ1) is 10.2. The van der Waals surface area contributed by atoms with Gasteiger partial charge in [0.1, 0.15) is 28.7 Å². The van der Waals surface area contributed by atoms with Gasteiger partial charge in [0.05, 0.1) is 13.3 Å². The number of anilines is 1. The molecule has 0 radical (unpaired) electrons. The second kappa shape index (κ2) is 4.80. The third-order valence-corrected chi connectivity index (χ3v) is 3.36. The lowest BCUT2D eigenvalue weighted by atomic mass is 10.1. The molecule has 3 aromatic rings. The first kappa shape index (κ1) is 12.9. The number of benzene rings is 1. The lowest BCUT2D eigenvalue weighted by Gasteiger charge is -2.10. The van der Waals surface area contributed by atoms with Crippen molar-refractivity contribution in [1.29, 1.82) is 5.26 Å². The standard InChI is InChI=1S/C15H13N5O/c1-9-6-13(20-15(17)10(7-16)8-18-20)19-14-11(9)4-3-5-12(14)21-2/h3-6,8H,17H2,1-2H3. The van der Waals surface area contributed by atoms with Gasteiger partial charge in [-0.25, -0.2) is 4.98 Å². The SMILES string of the molecule is COc1cccc2c(C)cc(-n3ncc(C#N)c3N)nc12. The van der Waals surface area contributed by atoms with Crippen LogP contribution in [-0.2, 0) is 0 Å². The molecule has 0 spiro atoms. The molecule has 0 saturated heterocycles. The molecule has 0 atom stereocenters. The Balaban J connectivity index is 2.29. The topological polar surface area (TPSA) is 89.8 Å². The molecule has 0 aliphatic carbocycles. The zero-order chi connectivity index (χ0) is 15.0. The molecular formula is C15H13N5O. The van der Waals surface area contributed by atoms with Crippen molar-refractivity contribution >= 4 is 16.7 Å². The number of fused-ring (bicyclic) bond motifs is 1. The summed E-state index contributed by atoms with van der Waals surface area (Å²) in [6.07, 6.45) is 1.43. The highest BCUT2D eigenvalue weighted by molar-refractivity contribution is 5.88. The average molecular weight is 279 g/mol. The second-order valence-electron chi connectivity index (χ2n) is 4.62. The molecule has 2 N–H and O–H groups in total. The molecule has 0 fully saturated rings. The smallest absolute Gasteiger partial charge is 0.156 e. The zero-order valence-electron chi connectivity index (χ0n) is 11.7. The van der Waals surface area contributed by atoms with Gasteiger partial charge in [0, 0.05) is 5.39 Å². The van der Waals surface area contributed by atoms with Crippen LogP contribution < -0.4 is 10.5 Å². The summed E-state index contributed by atoms with van der Waals surface area (Å²) in [5.74, 6) is 1.52. The highest BCUT2D eigenvalue weighted by Gasteiger charge is 2.13. The number of aromatic nitrogens is 3. The van der Waals surface area contributed by atoms with Crippen LogP contribution in [-0.4, -0.2) is 21.9 Å². The Bertz CT molecular complexity index is 876. The number of nitrogens with zero attached hydrogens (tertiary/aromatic N) is 4. The molecule has 0 unspecified atom stereocenters. The highest BCUT2D eigenvalue weighted by atomic mass is 16.5. The van der Waals surface area contributed by atoms with Gasteiger partial charge in [0.25, 0.3) is 0 Å². The van der Waals surface area contributed by atoms with Crippen molar-refractivity contribution in [2.75, 3.05) is 12.8 Å². The second-order valence-corrected chi connectivity index (χ2v) is 4.62. The molecular weight excluding hydrogens is 266 g/mol. The van der Waals surface area contributed by atoms with Crippen LogP contribution in [0.5, 0.6) is 5.75 Å². The first-order valence-electron chi connectivity index (χ1n) is 6.34. The first-order valence-corrected chi connectivity index (χ1v) is 6.34. The minimum absolute atomic E-state index is 0.277. The van der Waals surface area contributed by atoms with Gasteiger partial charge in [-0.2, -0.15) is 15.0 Å². The molecule has 6 heteroatoms. The third-order valence-electron chi connectivity index (χ3n) is 3.36. The number of hydrogen-bond donors (Lipinski definition) is 1. The molecule has 2 aromatic heterocycles. The number of pyridine rings is 1. The number of nitrogens with two attached hydrogens (primary N) is 1. The number of ether oxygens (including phenoxy) is 1. The Morgan fingerprint density at radius 3 is 2.86 bits per heavy atom. The summed E-state index contributed by atoms with van der Waals surface area (Å²) in [6.45, 7) is 1.98. The van der Waals surface area contributed by atoms with Gasteiger partial charge in [-0.05, 0) is 24.6 Å². The van der Waals surface area contributed by atoms with Crippen molar-refractivity contribution in [3.05, 3.63) is 41.6 Å². The molecule has 0 saturated carbocycles. The molecule has 6 nitrogen and oxygen atoms in total. The van der Waals surface area contributed by atoms with Gasteiger partial charge < -0.3 is 10.5 Å². The summed E-state index contributed by atoms with van der Waals surface area (Å²) in [5, 5.41) is 14.1. The van der Waals surface area contributed by atoms with Gasteiger partial charge in [-0.15, -0.1) is 0 Å². The molecule has 3 rings (SSSR count). The van der Waals surface area contributed by atoms with E-state index in [9.17, 15) is 0 Å². The van der Waals surface area contributed by atoms with E-state index in [1.54, 1.807) is 7.11 Å². The Kier molecular flexibility index (Phi) is 2.95. The highest BCUT2D eigenvalue weighted by Crippen LogP contribution is 2.28. The lowest BCUT2D eigenvalue weighted by Crippen LogP contribution is -2.05. The Morgan fingerprint density at radius 1 is 1.38 bits per heavy atom. The summed E-state index contributed by atoms with van der Waals surface area (Å²) >= 11 is 0. The van der Waals surface area contributed by atoms with Crippen LogP contribution >= 0.6 is 0 Å². The number of hydrogen-bond acceptors (Lipinski definition) is 5. The Labute approximate surface area is 121 Å². The van der Waals surface area contributed by atoms with E-state index in [4.69, 9.17) is 15.7 Å². The summed E-state index contributed by atoms with van der Waals surface area (Å²) in [6, 6.07) is 9.64. The van der Waals surface area contributed by atoms with Crippen molar-refractivity contribution in [3.63, 3.8) is 0 Å². The molecule has 0 amide bonds. The molecule has 21 heavy (non-hydrogen) atoms. The third kappa shape index (κ3) is 1.96. The number of aryl methyl sites for hydroxylation is 1. The van der Waals surface area contributed by atoms with Crippen molar-refractivity contribution in [2.24, 2.45) is 0 Å². The normalized spacial score (nSPS) is 10.5. The van der Waals surface area contributed by atoms with Crippen LogP contribution in [0.4, 0.5) is 5.82 Å². The number of nitriles is 1. The van der Waals surface area contributed by atoms with E-state index in [0.29, 0.717) is 17.1 Å². The van der Waals surface area contributed by atoms with Crippen molar-refractivity contribution in [2.45, 2.75) is 6.92 Å². The predicted molar refractivity (Wildman–Crippen MR) is 79.3 cm³/mol. The van der Waals surface area contributed by atoms with Gasteiger partial charge in [-0.1, -0.05) is 12.1 Å². The number of nitrogen functional groups attached to an aromatic ring is 1. The summed E-state index contributed by atoms with van der Waals surface area (Å²) in [5.41, 5.74) is 8.01. The summed E-state index contributed by atoms with van der Waals surface area (Å²) < 4.78 is 6.81. The van der Waals surface area contributed by atoms with E-state index in [-0.39, 0.29) is 5.82 Å². The maximum Gasteiger partial charge on any atom is 0.156 e. The van der Waals surface area contributed by atoms with Gasteiger partial charge in [-0.3, -0.25) is 0 Å². The van der Waals surface area contributed by atoms with Crippen LogP contribution in [0.15, 0.2) is 30.5 Å². The van der Waals surface area contributed by atoms with E-state index in [1.807, 2.05) is 37.3 Å². The van der Waals surface area contributed by atoms with E-state index in [0.717, 1.165) is 16.5 Å². The van der Waals surface area contributed by atoms with Crippen LogP contribution in [0.25, 0.3) is 16.7 Å². The largest absolute Gasteiger partial charge is 0.494 e. The van der Waals surface area contributed by atoms with E-state index in [1.165, 1.54) is 10.9 Å². The van der Waals surface area contributed by atoms with Crippen LogP contribution in [0.1, 0.15) is 11.1 Å². The number of para-hydroxylation sites is 1. The molecule has 0 bridgehead atoms. The van der Waals surface area contributed by atoms with E-state index >= 15 is 0 Å². The molecule has 104 valence electrons. The van der Waals surface area contributed by atoms with Crippen molar-refractivity contribution < 1.29 is 4.74 Å². The summed E-state index contributed by atoms with van der Waals surface area (Å²) in [4.78, 5) is 4.57. The maximum atomic E-state index is 8.96. The fraction of sp³-hybridized carbons (Fsp3) is 0.133. The quantitative estimate of drug-likeness (QED) is 0.776. The fourth-order valence-electron chi connectivity index (χ4n) is 2.27. The molecule has 2 heterocycles. The maximum absolute atomic E-state index is 8.96. The van der Waals surface area contributed by atoms with Gasteiger partial charge in [0.2, 0.25) is 0 Å². The monoisotopic (exact) mass is 279 g/mol. The van der Waals surface area contributed by atoms with Crippen molar-refractivity contribution in [1.82, 2.24) is 14.8 Å². The fourth-order valence-corrected chi connectivity index (χ4v) is 2.27. The number of methoxy groups -OCH3 is 1. The average Bonchev–Trinajstić information content (AvgIpc) is 2.87. The van der Waals surface area contributed by atoms with E-state index < -0.39 is 0 Å². The summed E-state index contributed by atoms with van der Waals surface area (Å²) in [7, 11) is 1.61. The van der Waals surface area contributed by atoms with Crippen LogP contribution in [0.3, 0.4) is 0 Å².